The molecule has 4 fully saturated rings. The van der Waals surface area contributed by atoms with Gasteiger partial charge in [0, 0.05) is 6.92 Å². The molecule has 3 heteroatoms. The Morgan fingerprint density at radius 3 is 1.94 bits per heavy atom. The molecular weight excluding hydrogens is 224 g/mol. The van der Waals surface area contributed by atoms with Crippen LogP contribution < -0.4 is 9.80 Å². The van der Waals surface area contributed by atoms with E-state index in [0.29, 0.717) is 11.4 Å². The number of piperidine rings is 2. The molecule has 0 unspecified atom stereocenters. The average molecular weight is 250 g/mol. The first kappa shape index (κ1) is 12.4. The SMILES string of the molecule is C=CCCC1(C)[NH+]2CC3(C)C[NH+]1CC(C)(C2)C3=O. The number of ketones is 1. The number of allylic oxidation sites excluding steroid dienone is 1. The fourth-order valence-corrected chi connectivity index (χ4v) is 4.96. The number of hydrogen-bond acceptors (Lipinski definition) is 1. The normalized spacial score (nSPS) is 53.8. The number of nitrogens with one attached hydrogen (secondary N) is 2. The molecule has 0 aromatic carbocycles. The summed E-state index contributed by atoms with van der Waals surface area (Å²) in [5, 5.41) is 0. The summed E-state index contributed by atoms with van der Waals surface area (Å²) in [5.41, 5.74) is 0.168. The zero-order valence-electron chi connectivity index (χ0n) is 11.9. The Labute approximate surface area is 110 Å². The number of carbonyl (C=O) groups excluding carboxylic acids is 1. The molecule has 3 nitrogen and oxygen atoms in total. The highest BCUT2D eigenvalue weighted by Gasteiger charge is 2.71. The van der Waals surface area contributed by atoms with Crippen molar-refractivity contribution in [1.82, 2.24) is 0 Å². The Morgan fingerprint density at radius 1 is 1.11 bits per heavy atom. The number of quaternary nitrogens is 2. The van der Waals surface area contributed by atoms with Crippen LogP contribution in [-0.4, -0.2) is 37.6 Å². The van der Waals surface area contributed by atoms with E-state index in [1.165, 1.54) is 6.42 Å². The summed E-state index contributed by atoms with van der Waals surface area (Å²) < 4.78 is 0. The molecule has 18 heavy (non-hydrogen) atoms. The lowest BCUT2D eigenvalue weighted by atomic mass is 9.60. The van der Waals surface area contributed by atoms with Gasteiger partial charge >= 0.3 is 0 Å². The van der Waals surface area contributed by atoms with Gasteiger partial charge in [0.25, 0.3) is 0 Å². The van der Waals surface area contributed by atoms with Gasteiger partial charge in [0.15, 0.2) is 5.78 Å². The second-order valence-corrected chi connectivity index (χ2v) is 7.52. The highest BCUT2D eigenvalue weighted by atomic mass is 16.1. The van der Waals surface area contributed by atoms with Crippen LogP contribution in [0.2, 0.25) is 0 Å². The van der Waals surface area contributed by atoms with Gasteiger partial charge in [-0.25, -0.2) is 0 Å². The van der Waals surface area contributed by atoms with Crippen LogP contribution in [0.1, 0.15) is 33.6 Å². The molecule has 4 rings (SSSR count). The fraction of sp³-hybridized carbons (Fsp3) is 0.800. The zero-order valence-corrected chi connectivity index (χ0v) is 11.9. The third kappa shape index (κ3) is 1.35. The van der Waals surface area contributed by atoms with Gasteiger partial charge in [0.2, 0.25) is 5.66 Å². The average Bonchev–Trinajstić information content (AvgIpc) is 2.28. The largest absolute Gasteiger partial charge is 0.297 e. The highest BCUT2D eigenvalue weighted by Crippen LogP contribution is 2.36. The maximum atomic E-state index is 12.6. The Hall–Kier alpha value is -0.670. The van der Waals surface area contributed by atoms with Crippen LogP contribution in [-0.2, 0) is 4.79 Å². The molecule has 0 saturated carbocycles. The molecule has 100 valence electrons. The molecule has 0 spiro atoms. The summed E-state index contributed by atoms with van der Waals surface area (Å²) in [4.78, 5) is 15.9. The van der Waals surface area contributed by atoms with Crippen molar-refractivity contribution in [2.75, 3.05) is 26.2 Å². The van der Waals surface area contributed by atoms with Crippen molar-refractivity contribution in [2.24, 2.45) is 10.8 Å². The number of rotatable bonds is 3. The van der Waals surface area contributed by atoms with Crippen LogP contribution in [0.25, 0.3) is 0 Å². The molecule has 0 aromatic heterocycles. The standard InChI is InChI=1S/C15H24N2O/c1-5-6-7-15(4)16-8-13(2)9-17(15)11-14(3,10-16)12(13)18/h5H,1,6-11H2,2-4H3/p+2. The molecule has 4 saturated heterocycles. The van der Waals surface area contributed by atoms with Gasteiger partial charge in [-0.1, -0.05) is 6.08 Å². The van der Waals surface area contributed by atoms with E-state index >= 15 is 0 Å². The number of carbonyl (C=O) groups is 1. The van der Waals surface area contributed by atoms with Gasteiger partial charge in [-0.2, -0.15) is 0 Å². The first-order valence-electron chi connectivity index (χ1n) is 7.20. The smallest absolute Gasteiger partial charge is 0.220 e. The molecule has 4 heterocycles. The Balaban J connectivity index is 1.95. The van der Waals surface area contributed by atoms with Gasteiger partial charge in [-0.15, -0.1) is 6.58 Å². The minimum Gasteiger partial charge on any atom is -0.297 e. The van der Waals surface area contributed by atoms with Crippen LogP contribution in [0, 0.1) is 10.8 Å². The third-order valence-electron chi connectivity index (χ3n) is 5.92. The Morgan fingerprint density at radius 2 is 1.56 bits per heavy atom. The third-order valence-corrected chi connectivity index (χ3v) is 5.92. The quantitative estimate of drug-likeness (QED) is 0.621. The first-order valence-corrected chi connectivity index (χ1v) is 7.20. The molecule has 2 N–H and O–H groups in total. The second kappa shape index (κ2) is 3.45. The number of Topliss-reactive ketones (excluding diaryl/α,β-unsaturated/α-hetero) is 1. The maximum Gasteiger partial charge on any atom is 0.220 e. The summed E-state index contributed by atoms with van der Waals surface area (Å²) in [5.74, 6) is 0.535. The van der Waals surface area contributed by atoms with Crippen molar-refractivity contribution in [3.05, 3.63) is 12.7 Å². The molecular formula is C15H26N2O+2. The minimum absolute atomic E-state index is 0.0659. The van der Waals surface area contributed by atoms with Crippen LogP contribution >= 0.6 is 0 Å². The van der Waals surface area contributed by atoms with Crippen LogP contribution in [0.4, 0.5) is 0 Å². The lowest BCUT2D eigenvalue weighted by Crippen LogP contribution is -3.49. The van der Waals surface area contributed by atoms with E-state index in [2.05, 4.69) is 27.4 Å². The highest BCUT2D eigenvalue weighted by molar-refractivity contribution is 5.91. The predicted octanol–water partition coefficient (Wildman–Crippen LogP) is -0.939. The van der Waals surface area contributed by atoms with E-state index in [9.17, 15) is 4.79 Å². The molecule has 4 aliphatic rings. The van der Waals surface area contributed by atoms with Crippen molar-refractivity contribution >= 4 is 5.78 Å². The van der Waals surface area contributed by atoms with Crippen molar-refractivity contribution in [3.63, 3.8) is 0 Å². The molecule has 4 bridgehead atoms. The van der Waals surface area contributed by atoms with Crippen LogP contribution in [0.3, 0.4) is 0 Å². The summed E-state index contributed by atoms with van der Waals surface area (Å²) in [6.45, 7) is 14.8. The predicted molar refractivity (Wildman–Crippen MR) is 70.5 cm³/mol. The molecule has 0 radical (unpaired) electrons. The van der Waals surface area contributed by atoms with Gasteiger partial charge in [0.1, 0.15) is 10.8 Å². The summed E-state index contributed by atoms with van der Waals surface area (Å²) >= 11 is 0. The molecule has 0 aromatic rings. The lowest BCUT2D eigenvalue weighted by Gasteiger charge is -2.63. The molecule has 0 amide bonds. The fourth-order valence-electron chi connectivity index (χ4n) is 4.96. The van der Waals surface area contributed by atoms with E-state index in [0.717, 1.165) is 32.6 Å². The summed E-state index contributed by atoms with van der Waals surface area (Å²) in [6.07, 6.45) is 4.32. The van der Waals surface area contributed by atoms with Gasteiger partial charge in [-0.3, -0.25) is 14.6 Å². The topological polar surface area (TPSA) is 26.0 Å². The van der Waals surface area contributed by atoms with E-state index in [1.807, 2.05) is 6.08 Å². The molecule has 4 aliphatic heterocycles. The van der Waals surface area contributed by atoms with Gasteiger partial charge in [0.05, 0.1) is 32.6 Å². The molecule has 0 atom stereocenters. The monoisotopic (exact) mass is 250 g/mol. The van der Waals surface area contributed by atoms with Crippen molar-refractivity contribution < 1.29 is 14.6 Å². The van der Waals surface area contributed by atoms with Crippen LogP contribution in [0.15, 0.2) is 12.7 Å². The van der Waals surface area contributed by atoms with Gasteiger partial charge in [-0.05, 0) is 20.3 Å². The number of hydrogen-bond donors (Lipinski definition) is 2. The lowest BCUT2D eigenvalue weighted by molar-refractivity contribution is -1.20. The van der Waals surface area contributed by atoms with Crippen LogP contribution in [0.5, 0.6) is 0 Å². The maximum absolute atomic E-state index is 12.6. The first-order chi connectivity index (χ1) is 8.34. The van der Waals surface area contributed by atoms with E-state index < -0.39 is 0 Å². The second-order valence-electron chi connectivity index (χ2n) is 7.52. The van der Waals surface area contributed by atoms with E-state index in [4.69, 9.17) is 0 Å². The van der Waals surface area contributed by atoms with Crippen molar-refractivity contribution in [2.45, 2.75) is 39.3 Å². The minimum atomic E-state index is -0.0659. The molecule has 0 aliphatic carbocycles. The summed E-state index contributed by atoms with van der Waals surface area (Å²) in [7, 11) is 0. The van der Waals surface area contributed by atoms with Gasteiger partial charge < -0.3 is 0 Å². The zero-order chi connectivity index (χ0) is 13.2. The van der Waals surface area contributed by atoms with Crippen molar-refractivity contribution in [3.8, 4) is 0 Å². The Bertz CT molecular complexity index is 375. The van der Waals surface area contributed by atoms with E-state index in [-0.39, 0.29) is 10.8 Å². The van der Waals surface area contributed by atoms with E-state index in [1.54, 1.807) is 9.80 Å². The Kier molecular flexibility index (Phi) is 2.37. The van der Waals surface area contributed by atoms with Crippen molar-refractivity contribution in [1.29, 1.82) is 0 Å². The summed E-state index contributed by atoms with van der Waals surface area (Å²) in [6, 6.07) is 0.